The number of ether oxygens (including phenoxy) is 1. The highest BCUT2D eigenvalue weighted by molar-refractivity contribution is 7.97. The third-order valence-corrected chi connectivity index (χ3v) is 4.74. The van der Waals surface area contributed by atoms with Crippen molar-refractivity contribution in [3.05, 3.63) is 29.8 Å². The Balaban J connectivity index is 1.93. The molecule has 130 valence electrons. The molecule has 0 amide bonds. The second-order valence-corrected chi connectivity index (χ2v) is 6.78. The molecule has 1 aliphatic heterocycles. The maximum atomic E-state index is 6.23. The second kappa shape index (κ2) is 7.15. The van der Waals surface area contributed by atoms with Crippen LogP contribution in [0.1, 0.15) is 0 Å². The summed E-state index contributed by atoms with van der Waals surface area (Å²) >= 11 is 7.93. The number of thioether (sulfide) groups is 1. The van der Waals surface area contributed by atoms with Crippen molar-refractivity contribution in [3.63, 3.8) is 0 Å². The van der Waals surface area contributed by atoms with Crippen LogP contribution >= 0.6 is 23.4 Å². The first-order valence-corrected chi connectivity index (χ1v) is 9.71. The van der Waals surface area contributed by atoms with Gasteiger partial charge in [0.2, 0.25) is 5.28 Å². The Kier molecular flexibility index (Phi) is 4.74. The predicted molar refractivity (Wildman–Crippen MR) is 100 cm³/mol. The van der Waals surface area contributed by atoms with Gasteiger partial charge in [0.05, 0.1) is 19.1 Å². The van der Waals surface area contributed by atoms with Crippen LogP contribution in [0.2, 0.25) is 5.28 Å². The predicted octanol–water partition coefficient (Wildman–Crippen LogP) is 2.70. The molecule has 0 atom stereocenters. The van der Waals surface area contributed by atoms with Gasteiger partial charge >= 0.3 is 0 Å². The van der Waals surface area contributed by atoms with Gasteiger partial charge in [0, 0.05) is 31.0 Å². The fourth-order valence-corrected chi connectivity index (χ4v) is 3.59. The third-order valence-electron chi connectivity index (χ3n) is 4.06. The maximum absolute atomic E-state index is 6.23. The van der Waals surface area contributed by atoms with E-state index in [1.54, 1.807) is 24.2 Å². The van der Waals surface area contributed by atoms with Gasteiger partial charge in [-0.25, -0.2) is 4.98 Å². The smallest absolute Gasteiger partial charge is 0.226 e. The number of hydrogen-bond acceptors (Lipinski definition) is 7. The average molecular weight is 377 g/mol. The van der Waals surface area contributed by atoms with Crippen molar-refractivity contribution in [1.29, 1.82) is 0 Å². The third kappa shape index (κ3) is 3.17. The molecule has 4 heterocycles. The molecule has 0 saturated carbocycles. The summed E-state index contributed by atoms with van der Waals surface area (Å²) in [7, 11) is 0. The highest BCUT2D eigenvalue weighted by Crippen LogP contribution is 2.31. The summed E-state index contributed by atoms with van der Waals surface area (Å²) in [5.74, 6) is 2.34. The number of hydrogen-bond donors (Lipinski definition) is 0. The Morgan fingerprint density at radius 3 is 2.64 bits per heavy atom. The van der Waals surface area contributed by atoms with Gasteiger partial charge in [-0.1, -0.05) is 0 Å². The van der Waals surface area contributed by atoms with Gasteiger partial charge in [-0.2, -0.15) is 9.97 Å². The minimum absolute atomic E-state index is 0.234. The van der Waals surface area contributed by atoms with E-state index in [1.807, 2.05) is 18.4 Å². The van der Waals surface area contributed by atoms with Crippen LogP contribution in [-0.2, 0) is 10.6 Å². The van der Waals surface area contributed by atoms with Crippen LogP contribution < -0.4 is 4.90 Å². The summed E-state index contributed by atoms with van der Waals surface area (Å²) in [6, 6.07) is 3.89. The number of aromatic nitrogens is 5. The summed E-state index contributed by atoms with van der Waals surface area (Å²) in [4.78, 5) is 20.1. The molecule has 1 aliphatic rings. The van der Waals surface area contributed by atoms with Crippen LogP contribution in [0.4, 0.5) is 5.82 Å². The first-order chi connectivity index (χ1) is 12.3. The minimum Gasteiger partial charge on any atom is -0.378 e. The van der Waals surface area contributed by atoms with Crippen molar-refractivity contribution < 1.29 is 4.74 Å². The fourth-order valence-electron chi connectivity index (χ4n) is 2.93. The molecule has 3 aromatic heterocycles. The van der Waals surface area contributed by atoms with Crippen LogP contribution in [-0.4, -0.2) is 57.1 Å². The average Bonchev–Trinajstić information content (AvgIpc) is 3.01. The number of fused-ring (bicyclic) bond motifs is 1. The maximum Gasteiger partial charge on any atom is 0.226 e. The molecular formula is C16H17ClN6OS. The van der Waals surface area contributed by atoms with E-state index in [0.717, 1.165) is 47.3 Å². The van der Waals surface area contributed by atoms with E-state index >= 15 is 0 Å². The second-order valence-electron chi connectivity index (χ2n) is 5.60. The zero-order valence-corrected chi connectivity index (χ0v) is 15.3. The molecule has 0 N–H and O–H groups in total. The number of anilines is 1. The molecule has 0 aromatic carbocycles. The molecule has 25 heavy (non-hydrogen) atoms. The lowest BCUT2D eigenvalue weighted by molar-refractivity contribution is 0.122. The van der Waals surface area contributed by atoms with Crippen molar-refractivity contribution in [2.24, 2.45) is 0 Å². The minimum atomic E-state index is 0.234. The van der Waals surface area contributed by atoms with Crippen LogP contribution in [0.25, 0.3) is 22.6 Å². The molecular weight excluding hydrogens is 360 g/mol. The van der Waals surface area contributed by atoms with Crippen molar-refractivity contribution in [2.75, 3.05) is 37.5 Å². The molecule has 0 bridgehead atoms. The quantitative estimate of drug-likeness (QED) is 0.648. The SMILES string of the molecule is CSCn1c(-c2ccncc2)nc2c(N3CCOCC3)nc(Cl)nc21. The van der Waals surface area contributed by atoms with E-state index in [0.29, 0.717) is 13.2 Å². The number of morpholine rings is 1. The zero-order chi connectivity index (χ0) is 17.2. The molecule has 4 rings (SSSR count). The number of rotatable bonds is 4. The van der Waals surface area contributed by atoms with Crippen molar-refractivity contribution in [3.8, 4) is 11.4 Å². The summed E-state index contributed by atoms with van der Waals surface area (Å²) < 4.78 is 7.52. The monoisotopic (exact) mass is 376 g/mol. The van der Waals surface area contributed by atoms with Crippen molar-refractivity contribution in [2.45, 2.75) is 5.88 Å². The summed E-state index contributed by atoms with van der Waals surface area (Å²) in [5, 5.41) is 0.234. The summed E-state index contributed by atoms with van der Waals surface area (Å²) in [6.45, 7) is 2.88. The standard InChI is InChI=1S/C16H17ClN6OS/c1-25-10-23-13(11-2-4-18-5-3-11)19-12-14(20-16(17)21-15(12)23)22-6-8-24-9-7-22/h2-5H,6-10H2,1H3. The lowest BCUT2D eigenvalue weighted by Gasteiger charge is -2.27. The summed E-state index contributed by atoms with van der Waals surface area (Å²) in [5.41, 5.74) is 2.51. The van der Waals surface area contributed by atoms with Crippen LogP contribution in [0, 0.1) is 0 Å². The van der Waals surface area contributed by atoms with Gasteiger partial charge in [-0.15, -0.1) is 11.8 Å². The van der Waals surface area contributed by atoms with E-state index in [1.165, 1.54) is 0 Å². The summed E-state index contributed by atoms with van der Waals surface area (Å²) in [6.07, 6.45) is 5.58. The number of halogens is 1. The first-order valence-electron chi connectivity index (χ1n) is 7.93. The van der Waals surface area contributed by atoms with Gasteiger partial charge in [0.15, 0.2) is 17.0 Å². The Hall–Kier alpha value is -1.90. The molecule has 1 saturated heterocycles. The van der Waals surface area contributed by atoms with Crippen molar-refractivity contribution >= 4 is 40.3 Å². The topological polar surface area (TPSA) is 69.0 Å². The Bertz CT molecular complexity index is 881. The lowest BCUT2D eigenvalue weighted by Crippen LogP contribution is -2.37. The van der Waals surface area contributed by atoms with E-state index in [2.05, 4.69) is 24.4 Å². The van der Waals surface area contributed by atoms with Gasteiger partial charge in [0.1, 0.15) is 5.82 Å². The van der Waals surface area contributed by atoms with Crippen LogP contribution in [0.15, 0.2) is 24.5 Å². The molecule has 0 spiro atoms. The van der Waals surface area contributed by atoms with E-state index in [-0.39, 0.29) is 5.28 Å². The Labute approximate surface area is 154 Å². The zero-order valence-electron chi connectivity index (χ0n) is 13.7. The van der Waals surface area contributed by atoms with E-state index < -0.39 is 0 Å². The molecule has 1 fully saturated rings. The fraction of sp³-hybridized carbons (Fsp3) is 0.375. The van der Waals surface area contributed by atoms with Gasteiger partial charge in [-0.3, -0.25) is 9.55 Å². The Morgan fingerprint density at radius 1 is 1.16 bits per heavy atom. The molecule has 9 heteroatoms. The molecule has 7 nitrogen and oxygen atoms in total. The normalized spacial score (nSPS) is 15.0. The first kappa shape index (κ1) is 16.6. The highest BCUT2D eigenvalue weighted by Gasteiger charge is 2.23. The molecule has 3 aromatic rings. The molecule has 0 radical (unpaired) electrons. The lowest BCUT2D eigenvalue weighted by atomic mass is 10.2. The van der Waals surface area contributed by atoms with Crippen LogP contribution in [0.5, 0.6) is 0 Å². The van der Waals surface area contributed by atoms with Gasteiger partial charge in [0.25, 0.3) is 0 Å². The van der Waals surface area contributed by atoms with Gasteiger partial charge in [-0.05, 0) is 30.0 Å². The highest BCUT2D eigenvalue weighted by atomic mass is 35.5. The number of nitrogens with zero attached hydrogens (tertiary/aromatic N) is 6. The molecule has 0 aliphatic carbocycles. The van der Waals surface area contributed by atoms with Crippen molar-refractivity contribution in [1.82, 2.24) is 24.5 Å². The van der Waals surface area contributed by atoms with Gasteiger partial charge < -0.3 is 9.64 Å². The van der Waals surface area contributed by atoms with E-state index in [4.69, 9.17) is 21.3 Å². The molecule has 0 unspecified atom stereocenters. The van der Waals surface area contributed by atoms with E-state index in [9.17, 15) is 0 Å². The number of pyridine rings is 1. The van der Waals surface area contributed by atoms with Crippen LogP contribution in [0.3, 0.4) is 0 Å². The number of imidazole rings is 1. The Morgan fingerprint density at radius 2 is 1.92 bits per heavy atom. The largest absolute Gasteiger partial charge is 0.378 e.